The van der Waals surface area contributed by atoms with Crippen LogP contribution in [-0.4, -0.2) is 18.0 Å². The van der Waals surface area contributed by atoms with Gasteiger partial charge in [0.1, 0.15) is 10.4 Å². The first-order chi connectivity index (χ1) is 9.51. The van der Waals surface area contributed by atoms with Gasteiger partial charge in [0.25, 0.3) is 5.91 Å². The second kappa shape index (κ2) is 6.37. The molecule has 1 aromatic heterocycles. The summed E-state index contributed by atoms with van der Waals surface area (Å²) in [6, 6.07) is 8.76. The first-order valence-corrected chi connectivity index (χ1v) is 7.38. The van der Waals surface area contributed by atoms with Crippen LogP contribution in [0.15, 0.2) is 39.4 Å². The number of hydrogen-bond acceptors (Lipinski definition) is 3. The van der Waals surface area contributed by atoms with Gasteiger partial charge in [-0.05, 0) is 69.1 Å². The highest BCUT2D eigenvalue weighted by Crippen LogP contribution is 2.26. The molecule has 0 bridgehead atoms. The first kappa shape index (κ1) is 15.0. The quantitative estimate of drug-likeness (QED) is 0.787. The molecule has 0 aliphatic heterocycles. The van der Waals surface area contributed by atoms with Gasteiger partial charge in [-0.2, -0.15) is 0 Å². The molecular weight excluding hydrogens is 388 g/mol. The van der Waals surface area contributed by atoms with Gasteiger partial charge in [-0.15, -0.1) is 0 Å². The van der Waals surface area contributed by atoms with Crippen LogP contribution >= 0.6 is 31.9 Å². The minimum atomic E-state index is -0.194. The highest BCUT2D eigenvalue weighted by Gasteiger charge is 2.11. The summed E-state index contributed by atoms with van der Waals surface area (Å²) in [5, 5.41) is 2.83. The van der Waals surface area contributed by atoms with E-state index in [9.17, 15) is 4.79 Å². The number of aryl methyl sites for hydroxylation is 1. The molecular formula is C14H12Br2N2O2. The predicted octanol–water partition coefficient (Wildman–Crippen LogP) is 4.18. The Kier molecular flexibility index (Phi) is 4.77. The van der Waals surface area contributed by atoms with Crippen LogP contribution < -0.4 is 10.1 Å². The van der Waals surface area contributed by atoms with Crippen LogP contribution in [0.2, 0.25) is 0 Å². The van der Waals surface area contributed by atoms with Gasteiger partial charge >= 0.3 is 0 Å². The number of anilines is 1. The first-order valence-electron chi connectivity index (χ1n) is 5.79. The van der Waals surface area contributed by atoms with Gasteiger partial charge in [0, 0.05) is 5.56 Å². The zero-order valence-corrected chi connectivity index (χ0v) is 14.1. The van der Waals surface area contributed by atoms with E-state index in [4.69, 9.17) is 4.74 Å². The predicted molar refractivity (Wildman–Crippen MR) is 85.3 cm³/mol. The monoisotopic (exact) mass is 398 g/mol. The van der Waals surface area contributed by atoms with E-state index < -0.39 is 0 Å². The van der Waals surface area contributed by atoms with Gasteiger partial charge in [-0.3, -0.25) is 4.79 Å². The Bertz CT molecular complexity index is 660. The van der Waals surface area contributed by atoms with Crippen molar-refractivity contribution in [2.45, 2.75) is 6.92 Å². The molecule has 0 atom stereocenters. The number of rotatable bonds is 3. The second-order valence-electron chi connectivity index (χ2n) is 4.07. The number of amides is 1. The summed E-state index contributed by atoms with van der Waals surface area (Å²) >= 11 is 6.65. The molecule has 0 saturated heterocycles. The maximum Gasteiger partial charge on any atom is 0.255 e. The molecule has 0 spiro atoms. The Balaban J connectivity index is 2.21. The molecule has 2 rings (SSSR count). The molecule has 0 aliphatic carbocycles. The average Bonchev–Trinajstić information content (AvgIpc) is 2.41. The molecule has 0 aliphatic rings. The van der Waals surface area contributed by atoms with E-state index in [1.165, 1.54) is 0 Å². The van der Waals surface area contributed by atoms with Crippen molar-refractivity contribution in [3.05, 3.63) is 50.7 Å². The van der Waals surface area contributed by atoms with Crippen molar-refractivity contribution in [3.8, 4) is 5.75 Å². The lowest BCUT2D eigenvalue weighted by molar-refractivity contribution is 0.102. The standard InChI is InChI=1S/C14H12Br2N2O2/c1-8-11(4-6-13(16)17-8)18-14(19)9-3-5-12(20-2)10(15)7-9/h3-7H,1-2H3,(H,18,19). The van der Waals surface area contributed by atoms with E-state index in [1.54, 1.807) is 31.4 Å². The molecule has 104 valence electrons. The number of ether oxygens (including phenoxy) is 1. The second-order valence-corrected chi connectivity index (χ2v) is 5.74. The minimum absolute atomic E-state index is 0.194. The summed E-state index contributed by atoms with van der Waals surface area (Å²) < 4.78 is 6.61. The SMILES string of the molecule is COc1ccc(C(=O)Nc2ccc(Br)nc2C)cc1Br. The van der Waals surface area contributed by atoms with Crippen molar-refractivity contribution in [1.29, 1.82) is 0 Å². The summed E-state index contributed by atoms with van der Waals surface area (Å²) in [5.41, 5.74) is 1.98. The van der Waals surface area contributed by atoms with Crippen molar-refractivity contribution in [1.82, 2.24) is 4.98 Å². The maximum atomic E-state index is 12.2. The molecule has 6 heteroatoms. The Morgan fingerprint density at radius 3 is 2.60 bits per heavy atom. The Morgan fingerprint density at radius 1 is 1.25 bits per heavy atom. The zero-order valence-electron chi connectivity index (χ0n) is 10.9. The van der Waals surface area contributed by atoms with Gasteiger partial charge < -0.3 is 10.1 Å². The molecule has 1 N–H and O–H groups in total. The van der Waals surface area contributed by atoms with Crippen molar-refractivity contribution in [2.75, 3.05) is 12.4 Å². The molecule has 2 aromatic rings. The lowest BCUT2D eigenvalue weighted by Gasteiger charge is -2.09. The van der Waals surface area contributed by atoms with Crippen LogP contribution in [0.4, 0.5) is 5.69 Å². The smallest absolute Gasteiger partial charge is 0.255 e. The minimum Gasteiger partial charge on any atom is -0.496 e. The lowest BCUT2D eigenvalue weighted by Crippen LogP contribution is -2.13. The van der Waals surface area contributed by atoms with Gasteiger partial charge in [0.15, 0.2) is 0 Å². The fourth-order valence-corrected chi connectivity index (χ4v) is 2.60. The van der Waals surface area contributed by atoms with E-state index in [2.05, 4.69) is 42.2 Å². The molecule has 0 saturated carbocycles. The molecule has 4 nitrogen and oxygen atoms in total. The van der Waals surface area contributed by atoms with Crippen LogP contribution in [-0.2, 0) is 0 Å². The summed E-state index contributed by atoms with van der Waals surface area (Å²) in [5.74, 6) is 0.489. The number of carbonyl (C=O) groups excluding carboxylic acids is 1. The Labute approximate surface area is 133 Å². The third kappa shape index (κ3) is 3.37. The number of halogens is 2. The van der Waals surface area contributed by atoms with E-state index in [1.807, 2.05) is 13.0 Å². The van der Waals surface area contributed by atoms with Crippen LogP contribution in [0.25, 0.3) is 0 Å². The third-order valence-electron chi connectivity index (χ3n) is 2.71. The van der Waals surface area contributed by atoms with Gasteiger partial charge in [0.05, 0.1) is 23.0 Å². The number of pyridine rings is 1. The number of nitrogens with one attached hydrogen (secondary N) is 1. The molecule has 1 amide bonds. The number of hydrogen-bond donors (Lipinski definition) is 1. The Morgan fingerprint density at radius 2 is 2.00 bits per heavy atom. The molecule has 0 radical (unpaired) electrons. The van der Waals surface area contributed by atoms with Crippen LogP contribution in [0.1, 0.15) is 16.1 Å². The summed E-state index contributed by atoms with van der Waals surface area (Å²) in [7, 11) is 1.58. The molecule has 20 heavy (non-hydrogen) atoms. The zero-order chi connectivity index (χ0) is 14.7. The summed E-state index contributed by atoms with van der Waals surface area (Å²) in [6.45, 7) is 1.84. The number of nitrogens with zero attached hydrogens (tertiary/aromatic N) is 1. The highest BCUT2D eigenvalue weighted by molar-refractivity contribution is 9.10. The van der Waals surface area contributed by atoms with Crippen molar-refractivity contribution >= 4 is 43.5 Å². The van der Waals surface area contributed by atoms with Crippen molar-refractivity contribution in [3.63, 3.8) is 0 Å². The molecule has 1 heterocycles. The number of aromatic nitrogens is 1. The number of benzene rings is 1. The Hall–Kier alpha value is -1.40. The van der Waals surface area contributed by atoms with Gasteiger partial charge in [0.2, 0.25) is 0 Å². The van der Waals surface area contributed by atoms with Crippen LogP contribution in [0.5, 0.6) is 5.75 Å². The normalized spacial score (nSPS) is 10.2. The van der Waals surface area contributed by atoms with Gasteiger partial charge in [-0.1, -0.05) is 0 Å². The number of carbonyl (C=O) groups is 1. The number of methoxy groups -OCH3 is 1. The fourth-order valence-electron chi connectivity index (χ4n) is 1.66. The maximum absolute atomic E-state index is 12.2. The topological polar surface area (TPSA) is 51.2 Å². The third-order valence-corrected chi connectivity index (χ3v) is 3.78. The average molecular weight is 400 g/mol. The van der Waals surface area contributed by atoms with Crippen LogP contribution in [0.3, 0.4) is 0 Å². The lowest BCUT2D eigenvalue weighted by atomic mass is 10.2. The van der Waals surface area contributed by atoms with E-state index in [0.29, 0.717) is 17.0 Å². The largest absolute Gasteiger partial charge is 0.496 e. The van der Waals surface area contributed by atoms with E-state index in [0.717, 1.165) is 14.8 Å². The fraction of sp³-hybridized carbons (Fsp3) is 0.143. The van der Waals surface area contributed by atoms with E-state index >= 15 is 0 Å². The summed E-state index contributed by atoms with van der Waals surface area (Å²) in [6.07, 6.45) is 0. The molecule has 0 fully saturated rings. The van der Waals surface area contributed by atoms with Crippen molar-refractivity contribution in [2.24, 2.45) is 0 Å². The summed E-state index contributed by atoms with van der Waals surface area (Å²) in [4.78, 5) is 16.4. The molecule has 1 aromatic carbocycles. The highest BCUT2D eigenvalue weighted by atomic mass is 79.9. The van der Waals surface area contributed by atoms with Crippen LogP contribution in [0, 0.1) is 6.92 Å². The molecule has 0 unspecified atom stereocenters. The van der Waals surface area contributed by atoms with E-state index in [-0.39, 0.29) is 5.91 Å². The van der Waals surface area contributed by atoms with Gasteiger partial charge in [-0.25, -0.2) is 4.98 Å². The van der Waals surface area contributed by atoms with Crippen molar-refractivity contribution < 1.29 is 9.53 Å².